The van der Waals surface area contributed by atoms with Crippen LogP contribution in [0.5, 0.6) is 5.75 Å². The van der Waals surface area contributed by atoms with Gasteiger partial charge in [-0.3, -0.25) is 14.6 Å². The van der Waals surface area contributed by atoms with E-state index in [1.54, 1.807) is 42.7 Å². The second-order valence-electron chi connectivity index (χ2n) is 8.52. The van der Waals surface area contributed by atoms with Gasteiger partial charge in [-0.1, -0.05) is 6.07 Å². The highest BCUT2D eigenvalue weighted by molar-refractivity contribution is 6.09. The molecule has 3 heterocycles. The number of anilines is 2. The van der Waals surface area contributed by atoms with E-state index in [2.05, 4.69) is 20.3 Å². The normalized spacial score (nSPS) is 14.1. The fourth-order valence-corrected chi connectivity index (χ4v) is 4.39. The Bertz CT molecular complexity index is 1430. The second kappa shape index (κ2) is 9.73. The lowest BCUT2D eigenvalue weighted by atomic mass is 10.0. The smallest absolute Gasteiger partial charge is 0.274 e. The van der Waals surface area contributed by atoms with Crippen molar-refractivity contribution in [3.8, 4) is 5.75 Å². The van der Waals surface area contributed by atoms with E-state index in [4.69, 9.17) is 4.74 Å². The summed E-state index contributed by atoms with van der Waals surface area (Å²) in [5.74, 6) is -2.04. The Balaban J connectivity index is 1.44. The summed E-state index contributed by atoms with van der Waals surface area (Å²) in [7, 11) is 0. The molecule has 1 saturated heterocycles. The Morgan fingerprint density at radius 1 is 1.08 bits per heavy atom. The first-order valence-corrected chi connectivity index (χ1v) is 11.5. The van der Waals surface area contributed by atoms with Crippen LogP contribution in [0.4, 0.5) is 20.2 Å². The minimum Gasteiger partial charge on any atom is -0.487 e. The molecule has 0 aliphatic carbocycles. The van der Waals surface area contributed by atoms with Crippen LogP contribution in [0.2, 0.25) is 0 Å². The molecular formula is C26H23F2N5O3. The molecule has 36 heavy (non-hydrogen) atoms. The molecule has 0 atom stereocenters. The summed E-state index contributed by atoms with van der Waals surface area (Å²) in [6, 6.07) is 11.9. The highest BCUT2D eigenvalue weighted by Crippen LogP contribution is 2.37. The lowest BCUT2D eigenvalue weighted by molar-refractivity contribution is 0.0926. The van der Waals surface area contributed by atoms with Crippen molar-refractivity contribution in [3.63, 3.8) is 0 Å². The molecule has 2 aromatic carbocycles. The SMILES string of the molecule is CC(=O)n1ncc2ccc(NC(=O)c3ccccn3)c(N3CCC(Oc4ccc(F)cc4F)CC3)c21. The summed E-state index contributed by atoms with van der Waals surface area (Å²) in [5, 5.41) is 7.91. The van der Waals surface area contributed by atoms with Gasteiger partial charge < -0.3 is 15.0 Å². The van der Waals surface area contributed by atoms with Gasteiger partial charge in [0.15, 0.2) is 11.6 Å². The Kier molecular flexibility index (Phi) is 6.32. The van der Waals surface area contributed by atoms with Crippen LogP contribution in [0.3, 0.4) is 0 Å². The van der Waals surface area contributed by atoms with E-state index in [9.17, 15) is 18.4 Å². The summed E-state index contributed by atoms with van der Waals surface area (Å²) < 4.78 is 34.4. The van der Waals surface area contributed by atoms with E-state index in [1.165, 1.54) is 17.7 Å². The molecule has 0 unspecified atom stereocenters. The van der Waals surface area contributed by atoms with Crippen LogP contribution < -0.4 is 15.0 Å². The average Bonchev–Trinajstić information content (AvgIpc) is 3.31. The first-order valence-electron chi connectivity index (χ1n) is 11.5. The molecule has 0 bridgehead atoms. The van der Waals surface area contributed by atoms with Crippen molar-refractivity contribution < 1.29 is 23.1 Å². The van der Waals surface area contributed by atoms with Gasteiger partial charge in [0, 0.05) is 50.5 Å². The van der Waals surface area contributed by atoms with Crippen molar-refractivity contribution in [1.82, 2.24) is 14.8 Å². The number of halogens is 2. The summed E-state index contributed by atoms with van der Waals surface area (Å²) in [5.41, 5.74) is 2.03. The van der Waals surface area contributed by atoms with Gasteiger partial charge in [0.2, 0.25) is 5.91 Å². The van der Waals surface area contributed by atoms with E-state index in [0.717, 1.165) is 17.5 Å². The fourth-order valence-electron chi connectivity index (χ4n) is 4.39. The molecule has 184 valence electrons. The number of nitrogens with zero attached hydrogens (tertiary/aromatic N) is 4. The van der Waals surface area contributed by atoms with Crippen molar-refractivity contribution in [3.05, 3.63) is 78.3 Å². The van der Waals surface area contributed by atoms with Crippen molar-refractivity contribution in [2.24, 2.45) is 0 Å². The molecule has 8 nitrogen and oxygen atoms in total. The first-order chi connectivity index (χ1) is 17.4. The van der Waals surface area contributed by atoms with Gasteiger partial charge in [0.25, 0.3) is 5.91 Å². The summed E-state index contributed by atoms with van der Waals surface area (Å²) in [4.78, 5) is 31.4. The third kappa shape index (κ3) is 4.61. The number of ether oxygens (including phenoxy) is 1. The first kappa shape index (κ1) is 23.4. The molecule has 1 aliphatic heterocycles. The summed E-state index contributed by atoms with van der Waals surface area (Å²) >= 11 is 0. The van der Waals surface area contributed by atoms with E-state index in [0.29, 0.717) is 42.8 Å². The minimum atomic E-state index is -0.743. The maximum Gasteiger partial charge on any atom is 0.274 e. The Labute approximate surface area is 205 Å². The largest absolute Gasteiger partial charge is 0.487 e. The van der Waals surface area contributed by atoms with Crippen molar-refractivity contribution in [2.45, 2.75) is 25.9 Å². The predicted octanol–water partition coefficient (Wildman–Crippen LogP) is 4.67. The minimum absolute atomic E-state index is 0.00919. The van der Waals surface area contributed by atoms with Crippen LogP contribution >= 0.6 is 0 Å². The molecule has 2 aromatic heterocycles. The van der Waals surface area contributed by atoms with Gasteiger partial charge in [-0.2, -0.15) is 9.78 Å². The number of aromatic nitrogens is 3. The van der Waals surface area contributed by atoms with Crippen LogP contribution in [-0.2, 0) is 0 Å². The van der Waals surface area contributed by atoms with E-state index >= 15 is 0 Å². The van der Waals surface area contributed by atoms with Crippen LogP contribution in [-0.4, -0.2) is 45.8 Å². The van der Waals surface area contributed by atoms with Crippen LogP contribution in [0.1, 0.15) is 35.0 Å². The zero-order valence-corrected chi connectivity index (χ0v) is 19.4. The van der Waals surface area contributed by atoms with Crippen molar-refractivity contribution >= 4 is 34.1 Å². The van der Waals surface area contributed by atoms with Crippen molar-refractivity contribution in [2.75, 3.05) is 23.3 Å². The standard InChI is InChI=1S/C26H23F2N5O3/c1-16(34)33-24-17(15-30-33)5-7-21(31-26(35)22-4-2-3-11-29-22)25(24)32-12-9-19(10-13-32)36-23-8-6-18(27)14-20(23)28/h2-8,11,14-15,19H,9-10,12-13H2,1H3,(H,31,35). The van der Waals surface area contributed by atoms with Crippen LogP contribution in [0, 0.1) is 11.6 Å². The number of hydrogen-bond donors (Lipinski definition) is 1. The van der Waals surface area contributed by atoms with Gasteiger partial charge in [0.05, 0.1) is 17.6 Å². The topological polar surface area (TPSA) is 89.3 Å². The molecular weight excluding hydrogens is 468 g/mol. The van der Waals surface area contributed by atoms with Gasteiger partial charge in [0.1, 0.15) is 23.1 Å². The molecule has 10 heteroatoms. The molecule has 0 radical (unpaired) electrons. The van der Waals surface area contributed by atoms with Crippen molar-refractivity contribution in [1.29, 1.82) is 0 Å². The molecule has 4 aromatic rings. The number of rotatable bonds is 5. The summed E-state index contributed by atoms with van der Waals surface area (Å²) in [6.07, 6.45) is 3.98. The van der Waals surface area contributed by atoms with E-state index in [-0.39, 0.29) is 29.4 Å². The van der Waals surface area contributed by atoms with Gasteiger partial charge in [-0.15, -0.1) is 0 Å². The molecule has 5 rings (SSSR count). The van der Waals surface area contributed by atoms with Crippen LogP contribution in [0.15, 0.2) is 60.9 Å². The van der Waals surface area contributed by atoms with Gasteiger partial charge >= 0.3 is 0 Å². The number of piperidine rings is 1. The molecule has 1 amide bonds. The molecule has 0 saturated carbocycles. The third-order valence-electron chi connectivity index (χ3n) is 6.10. The van der Waals surface area contributed by atoms with E-state index < -0.39 is 11.6 Å². The maximum atomic E-state index is 14.1. The monoisotopic (exact) mass is 491 g/mol. The highest BCUT2D eigenvalue weighted by atomic mass is 19.1. The second-order valence-corrected chi connectivity index (χ2v) is 8.52. The predicted molar refractivity (Wildman–Crippen MR) is 130 cm³/mol. The van der Waals surface area contributed by atoms with Gasteiger partial charge in [-0.25, -0.2) is 8.78 Å². The quantitative estimate of drug-likeness (QED) is 0.437. The number of hydrogen-bond acceptors (Lipinski definition) is 6. The molecule has 1 N–H and O–H groups in total. The van der Waals surface area contributed by atoms with Gasteiger partial charge in [-0.05, 0) is 36.4 Å². The lowest BCUT2D eigenvalue weighted by Crippen LogP contribution is -2.39. The number of fused-ring (bicyclic) bond motifs is 1. The van der Waals surface area contributed by atoms with Crippen LogP contribution in [0.25, 0.3) is 10.9 Å². The lowest BCUT2D eigenvalue weighted by Gasteiger charge is -2.35. The third-order valence-corrected chi connectivity index (χ3v) is 6.10. The summed E-state index contributed by atoms with van der Waals surface area (Å²) in [6.45, 7) is 2.46. The number of benzene rings is 2. The zero-order valence-electron chi connectivity index (χ0n) is 19.4. The highest BCUT2D eigenvalue weighted by Gasteiger charge is 2.27. The fraction of sp³-hybridized carbons (Fsp3) is 0.231. The zero-order chi connectivity index (χ0) is 25.2. The number of amides is 1. The number of pyridine rings is 1. The molecule has 1 aliphatic rings. The number of carbonyl (C=O) groups is 2. The number of carbonyl (C=O) groups excluding carboxylic acids is 2. The maximum absolute atomic E-state index is 14.1. The molecule has 0 spiro atoms. The Morgan fingerprint density at radius 3 is 2.58 bits per heavy atom. The Morgan fingerprint density at radius 2 is 1.89 bits per heavy atom. The molecule has 1 fully saturated rings. The average molecular weight is 491 g/mol. The number of nitrogens with one attached hydrogen (secondary N) is 1. The van der Waals surface area contributed by atoms with E-state index in [1.807, 2.05) is 0 Å². The Hall–Kier alpha value is -4.34.